The summed E-state index contributed by atoms with van der Waals surface area (Å²) in [6.07, 6.45) is 0. The molecule has 16 heavy (non-hydrogen) atoms. The predicted octanol–water partition coefficient (Wildman–Crippen LogP) is 0.717. The van der Waals surface area contributed by atoms with Crippen molar-refractivity contribution >= 4 is 20.7 Å². The van der Waals surface area contributed by atoms with E-state index in [4.69, 9.17) is 0 Å². The lowest BCUT2D eigenvalue weighted by molar-refractivity contribution is 0.588. The molecule has 0 radical (unpaired) electrons. The van der Waals surface area contributed by atoms with Crippen molar-refractivity contribution in [3.05, 3.63) is 34.6 Å². The number of hydrogen-bond acceptors (Lipinski definition) is 4. The maximum Gasteiger partial charge on any atom is 0.259 e. The fourth-order valence-corrected chi connectivity index (χ4v) is 2.11. The molecule has 0 fully saturated rings. The van der Waals surface area contributed by atoms with Gasteiger partial charge in [0.2, 0.25) is 15.0 Å². The van der Waals surface area contributed by atoms with Crippen LogP contribution in [0.15, 0.2) is 34.2 Å². The number of rotatable bonds is 2. The summed E-state index contributed by atoms with van der Waals surface area (Å²) in [5.41, 5.74) is -0.0455. The van der Waals surface area contributed by atoms with Gasteiger partial charge in [0.15, 0.2) is 0 Å². The highest BCUT2D eigenvalue weighted by Gasteiger charge is 2.15. The number of nitrogens with zero attached hydrogens (tertiary/aromatic N) is 1. The Kier molecular flexibility index (Phi) is 2.51. The van der Waals surface area contributed by atoms with Crippen LogP contribution in [0.4, 0.5) is 0 Å². The number of hydrogen-bond donors (Lipinski definition) is 1. The lowest BCUT2D eigenvalue weighted by Gasteiger charge is -2.01. The third-order valence-corrected chi connectivity index (χ3v) is 3.81. The molecule has 0 amide bonds. The summed E-state index contributed by atoms with van der Waals surface area (Å²) in [6.45, 7) is 1.50. The van der Waals surface area contributed by atoms with Crippen molar-refractivity contribution in [2.24, 2.45) is 0 Å². The maximum atomic E-state index is 11.6. The van der Waals surface area contributed by atoms with Crippen LogP contribution in [-0.4, -0.2) is 24.1 Å². The molecule has 0 bridgehead atoms. The van der Waals surface area contributed by atoms with Gasteiger partial charge in [0, 0.05) is 0 Å². The highest BCUT2D eigenvalue weighted by atomic mass is 32.2. The van der Waals surface area contributed by atoms with E-state index in [0.29, 0.717) is 10.9 Å². The molecule has 0 aliphatic carbocycles. The molecular formula is C10H10N2O3S. The van der Waals surface area contributed by atoms with E-state index in [9.17, 15) is 13.2 Å². The second-order valence-electron chi connectivity index (χ2n) is 3.29. The Hall–Kier alpha value is -1.69. The smallest absolute Gasteiger partial charge is 0.259 e. The van der Waals surface area contributed by atoms with Crippen LogP contribution in [0.1, 0.15) is 6.92 Å². The normalized spacial score (nSPS) is 11.8. The molecule has 0 atom stereocenters. The summed E-state index contributed by atoms with van der Waals surface area (Å²) in [7, 11) is -3.48. The molecule has 1 aromatic carbocycles. The molecule has 1 N–H and O–H groups in total. The molecule has 1 heterocycles. The largest absolute Gasteiger partial charge is 0.297 e. The molecule has 5 nitrogen and oxygen atoms in total. The van der Waals surface area contributed by atoms with Gasteiger partial charge in [-0.25, -0.2) is 13.4 Å². The van der Waals surface area contributed by atoms with Crippen molar-refractivity contribution in [2.75, 3.05) is 5.75 Å². The minimum Gasteiger partial charge on any atom is -0.297 e. The first-order valence-corrected chi connectivity index (χ1v) is 6.41. The van der Waals surface area contributed by atoms with Gasteiger partial charge in [-0.2, -0.15) is 0 Å². The zero-order valence-corrected chi connectivity index (χ0v) is 9.41. The van der Waals surface area contributed by atoms with Crippen LogP contribution in [0, 0.1) is 0 Å². The van der Waals surface area contributed by atoms with Crippen molar-refractivity contribution in [1.29, 1.82) is 0 Å². The summed E-state index contributed by atoms with van der Waals surface area (Å²) >= 11 is 0. The van der Waals surface area contributed by atoms with Gasteiger partial charge in [-0.3, -0.25) is 9.78 Å². The quantitative estimate of drug-likeness (QED) is 0.782. The molecule has 0 spiro atoms. The zero-order chi connectivity index (χ0) is 11.8. The molecule has 84 valence electrons. The summed E-state index contributed by atoms with van der Waals surface area (Å²) in [5.74, 6) is -0.0890. The first kappa shape index (κ1) is 10.8. The standard InChI is InChI=1S/C10H10N2O3S/c1-2-16(14,15)10-11-8-6-4-3-5-7(8)9(13)12-10/h3-6H,2H2,1H3,(H,11,12,13). The minimum atomic E-state index is -3.48. The lowest BCUT2D eigenvalue weighted by atomic mass is 10.2. The maximum absolute atomic E-state index is 11.6. The molecule has 1 aromatic heterocycles. The average molecular weight is 238 g/mol. The third-order valence-electron chi connectivity index (χ3n) is 2.27. The summed E-state index contributed by atoms with van der Waals surface area (Å²) in [4.78, 5) is 17.8. The summed E-state index contributed by atoms with van der Waals surface area (Å²) < 4.78 is 23.1. The number of sulfone groups is 1. The van der Waals surface area contributed by atoms with Gasteiger partial charge >= 0.3 is 0 Å². The van der Waals surface area contributed by atoms with E-state index in [2.05, 4.69) is 9.97 Å². The SMILES string of the molecule is CCS(=O)(=O)c1nc2ccccc2c(=O)[nH]1. The first-order valence-electron chi connectivity index (χ1n) is 4.76. The van der Waals surface area contributed by atoms with Crippen LogP contribution in [0.25, 0.3) is 10.9 Å². The number of aromatic nitrogens is 2. The Morgan fingerprint density at radius 1 is 1.31 bits per heavy atom. The monoisotopic (exact) mass is 238 g/mol. The van der Waals surface area contributed by atoms with Crippen LogP contribution in [0.3, 0.4) is 0 Å². The highest BCUT2D eigenvalue weighted by Crippen LogP contribution is 2.09. The Morgan fingerprint density at radius 2 is 2.00 bits per heavy atom. The average Bonchev–Trinajstić information content (AvgIpc) is 2.29. The van der Waals surface area contributed by atoms with E-state index in [1.54, 1.807) is 24.3 Å². The molecule has 0 aliphatic heterocycles. The van der Waals surface area contributed by atoms with Crippen molar-refractivity contribution in [3.63, 3.8) is 0 Å². The molecular weight excluding hydrogens is 228 g/mol. The van der Waals surface area contributed by atoms with Gasteiger partial charge in [0.25, 0.3) is 5.56 Å². The van der Waals surface area contributed by atoms with E-state index in [1.165, 1.54) is 6.92 Å². The van der Waals surface area contributed by atoms with Crippen molar-refractivity contribution < 1.29 is 8.42 Å². The van der Waals surface area contributed by atoms with E-state index < -0.39 is 15.4 Å². The lowest BCUT2D eigenvalue weighted by Crippen LogP contribution is -2.17. The Morgan fingerprint density at radius 3 is 2.69 bits per heavy atom. The number of benzene rings is 1. The topological polar surface area (TPSA) is 79.9 Å². The van der Waals surface area contributed by atoms with E-state index in [1.807, 2.05) is 0 Å². The fourth-order valence-electron chi connectivity index (χ4n) is 1.35. The van der Waals surface area contributed by atoms with E-state index in [0.717, 1.165) is 0 Å². The summed E-state index contributed by atoms with van der Waals surface area (Å²) in [5, 5.41) is 0.122. The van der Waals surface area contributed by atoms with Crippen molar-refractivity contribution in [2.45, 2.75) is 12.1 Å². The Bertz CT molecular complexity index is 689. The second kappa shape index (κ2) is 3.71. The number of H-pyrrole nitrogens is 1. The molecule has 6 heteroatoms. The van der Waals surface area contributed by atoms with Gasteiger partial charge in [-0.05, 0) is 12.1 Å². The molecule has 0 saturated carbocycles. The predicted molar refractivity (Wildman–Crippen MR) is 60.1 cm³/mol. The second-order valence-corrected chi connectivity index (χ2v) is 5.49. The van der Waals surface area contributed by atoms with Crippen molar-refractivity contribution in [1.82, 2.24) is 9.97 Å². The Labute approximate surface area is 92.1 Å². The van der Waals surface area contributed by atoms with Crippen molar-refractivity contribution in [3.8, 4) is 0 Å². The van der Waals surface area contributed by atoms with Gasteiger partial charge in [-0.15, -0.1) is 0 Å². The number of para-hydroxylation sites is 1. The zero-order valence-electron chi connectivity index (χ0n) is 8.60. The van der Waals surface area contributed by atoms with E-state index >= 15 is 0 Å². The highest BCUT2D eigenvalue weighted by molar-refractivity contribution is 7.91. The Balaban J connectivity index is 2.83. The van der Waals surface area contributed by atoms with Gasteiger partial charge < -0.3 is 0 Å². The van der Waals surface area contributed by atoms with Crippen LogP contribution < -0.4 is 5.56 Å². The number of nitrogens with one attached hydrogen (secondary N) is 1. The molecule has 0 aliphatic rings. The fraction of sp³-hybridized carbons (Fsp3) is 0.200. The van der Waals surface area contributed by atoms with E-state index in [-0.39, 0.29) is 10.9 Å². The van der Waals surface area contributed by atoms with Gasteiger partial charge in [0.1, 0.15) is 0 Å². The third kappa shape index (κ3) is 1.71. The van der Waals surface area contributed by atoms with Crippen LogP contribution in [0.5, 0.6) is 0 Å². The first-order chi connectivity index (χ1) is 7.54. The van der Waals surface area contributed by atoms with Gasteiger partial charge in [0.05, 0.1) is 16.7 Å². The number of aromatic amines is 1. The molecule has 2 aromatic rings. The van der Waals surface area contributed by atoms with Gasteiger partial charge in [-0.1, -0.05) is 19.1 Å². The molecule has 2 rings (SSSR count). The summed E-state index contributed by atoms with van der Waals surface area (Å²) in [6, 6.07) is 6.62. The molecule has 0 unspecified atom stereocenters. The van der Waals surface area contributed by atoms with Crippen LogP contribution in [-0.2, 0) is 9.84 Å². The number of fused-ring (bicyclic) bond motifs is 1. The minimum absolute atomic E-state index is 0.0890. The van der Waals surface area contributed by atoms with Crippen LogP contribution in [0.2, 0.25) is 0 Å². The van der Waals surface area contributed by atoms with Crippen LogP contribution >= 0.6 is 0 Å². The molecule has 0 saturated heterocycles.